The van der Waals surface area contributed by atoms with Crippen LogP contribution >= 0.6 is 34.8 Å². The van der Waals surface area contributed by atoms with Gasteiger partial charge < -0.3 is 4.90 Å². The minimum absolute atomic E-state index is 0.248. The lowest BCUT2D eigenvalue weighted by Gasteiger charge is -2.16. The molecule has 1 saturated heterocycles. The molecule has 1 aliphatic rings. The standard InChI is InChI=1S/C20H17FIN3S/c21-15-10-8-14(9-11-15)19-17(22)18(20(26)24-12-4-5-13-24)23-25(19)16-6-2-1-3-7-16/h1-3,6-11H,4-5,12-13H2. The quantitative estimate of drug-likeness (QED) is 0.389. The third-order valence-corrected chi connectivity index (χ3v) is 6.02. The second-order valence-electron chi connectivity index (χ2n) is 6.26. The van der Waals surface area contributed by atoms with Crippen molar-refractivity contribution < 1.29 is 4.39 Å². The van der Waals surface area contributed by atoms with Gasteiger partial charge in [0.05, 0.1) is 15.0 Å². The molecule has 6 heteroatoms. The van der Waals surface area contributed by atoms with E-state index in [9.17, 15) is 4.39 Å². The largest absolute Gasteiger partial charge is 0.361 e. The molecule has 0 saturated carbocycles. The maximum Gasteiger partial charge on any atom is 0.134 e. The van der Waals surface area contributed by atoms with Crippen LogP contribution in [0.25, 0.3) is 16.9 Å². The number of aromatic nitrogens is 2. The summed E-state index contributed by atoms with van der Waals surface area (Å²) in [6.45, 7) is 1.97. The molecule has 4 rings (SSSR count). The Balaban J connectivity index is 1.87. The number of rotatable bonds is 3. The molecule has 2 aromatic carbocycles. The molecule has 1 aliphatic heterocycles. The molecule has 1 aromatic heterocycles. The Morgan fingerprint density at radius 1 is 1.00 bits per heavy atom. The van der Waals surface area contributed by atoms with Crippen LogP contribution in [0.4, 0.5) is 4.39 Å². The summed E-state index contributed by atoms with van der Waals surface area (Å²) in [7, 11) is 0. The first-order valence-corrected chi connectivity index (χ1v) is 10.0. The maximum atomic E-state index is 13.4. The summed E-state index contributed by atoms with van der Waals surface area (Å²) in [4.78, 5) is 3.02. The van der Waals surface area contributed by atoms with E-state index in [4.69, 9.17) is 17.3 Å². The number of hydrogen-bond donors (Lipinski definition) is 0. The van der Waals surface area contributed by atoms with Gasteiger partial charge in [0.2, 0.25) is 0 Å². The Morgan fingerprint density at radius 3 is 2.31 bits per heavy atom. The van der Waals surface area contributed by atoms with E-state index in [1.54, 1.807) is 12.1 Å². The van der Waals surface area contributed by atoms with Crippen LogP contribution in [0, 0.1) is 9.39 Å². The van der Waals surface area contributed by atoms with E-state index in [0.717, 1.165) is 44.3 Å². The van der Waals surface area contributed by atoms with Crippen LogP contribution in [0.2, 0.25) is 0 Å². The lowest BCUT2D eigenvalue weighted by Crippen LogP contribution is -2.27. The van der Waals surface area contributed by atoms with E-state index >= 15 is 0 Å². The van der Waals surface area contributed by atoms with Gasteiger partial charge in [-0.25, -0.2) is 9.07 Å². The first-order chi connectivity index (χ1) is 12.6. The van der Waals surface area contributed by atoms with Gasteiger partial charge in [0.1, 0.15) is 16.5 Å². The lowest BCUT2D eigenvalue weighted by atomic mass is 10.1. The summed E-state index contributed by atoms with van der Waals surface area (Å²) in [5.41, 5.74) is 3.64. The van der Waals surface area contributed by atoms with Crippen LogP contribution in [-0.2, 0) is 0 Å². The van der Waals surface area contributed by atoms with E-state index in [-0.39, 0.29) is 5.82 Å². The van der Waals surface area contributed by atoms with Crippen molar-refractivity contribution >= 4 is 39.8 Å². The molecule has 1 fully saturated rings. The van der Waals surface area contributed by atoms with Gasteiger partial charge in [0, 0.05) is 18.7 Å². The molecule has 132 valence electrons. The third kappa shape index (κ3) is 3.27. The maximum absolute atomic E-state index is 13.4. The lowest BCUT2D eigenvalue weighted by molar-refractivity contribution is 0.528. The molecule has 3 aromatic rings. The third-order valence-electron chi connectivity index (χ3n) is 4.54. The fourth-order valence-corrected chi connectivity index (χ4v) is 4.63. The predicted octanol–water partition coefficient (Wildman–Crippen LogP) is 5.05. The van der Waals surface area contributed by atoms with Crippen molar-refractivity contribution in [1.29, 1.82) is 0 Å². The number of thiocarbonyl (C=S) groups is 1. The van der Waals surface area contributed by atoms with E-state index < -0.39 is 0 Å². The predicted molar refractivity (Wildman–Crippen MR) is 114 cm³/mol. The number of nitrogens with zero attached hydrogens (tertiary/aromatic N) is 3. The molecule has 0 amide bonds. The number of hydrogen-bond acceptors (Lipinski definition) is 2. The minimum Gasteiger partial charge on any atom is -0.361 e. The van der Waals surface area contributed by atoms with E-state index in [1.807, 2.05) is 35.0 Å². The van der Waals surface area contributed by atoms with Crippen LogP contribution in [0.1, 0.15) is 18.5 Å². The number of para-hydroxylation sites is 1. The highest BCUT2D eigenvalue weighted by atomic mass is 127. The van der Waals surface area contributed by atoms with Crippen molar-refractivity contribution in [3.63, 3.8) is 0 Å². The molecule has 0 atom stereocenters. The van der Waals surface area contributed by atoms with Gasteiger partial charge in [-0.3, -0.25) is 0 Å². The minimum atomic E-state index is -0.248. The van der Waals surface area contributed by atoms with Gasteiger partial charge in [-0.15, -0.1) is 0 Å². The molecule has 26 heavy (non-hydrogen) atoms. The number of likely N-dealkylation sites (tertiary alicyclic amines) is 1. The highest BCUT2D eigenvalue weighted by Gasteiger charge is 2.25. The van der Waals surface area contributed by atoms with Crippen molar-refractivity contribution in [1.82, 2.24) is 14.7 Å². The van der Waals surface area contributed by atoms with Gasteiger partial charge in [0.15, 0.2) is 0 Å². The molecule has 2 heterocycles. The van der Waals surface area contributed by atoms with Crippen LogP contribution in [0.5, 0.6) is 0 Å². The van der Waals surface area contributed by atoms with Gasteiger partial charge in [0.25, 0.3) is 0 Å². The van der Waals surface area contributed by atoms with Crippen molar-refractivity contribution in [2.24, 2.45) is 0 Å². The van der Waals surface area contributed by atoms with Crippen molar-refractivity contribution in [2.75, 3.05) is 13.1 Å². The van der Waals surface area contributed by atoms with E-state index in [0.29, 0.717) is 0 Å². The van der Waals surface area contributed by atoms with Crippen LogP contribution in [0.3, 0.4) is 0 Å². The topological polar surface area (TPSA) is 21.1 Å². The van der Waals surface area contributed by atoms with Gasteiger partial charge >= 0.3 is 0 Å². The molecule has 0 spiro atoms. The zero-order chi connectivity index (χ0) is 18.1. The fourth-order valence-electron chi connectivity index (χ4n) is 3.22. The van der Waals surface area contributed by atoms with E-state index in [1.165, 1.54) is 25.0 Å². The first-order valence-electron chi connectivity index (χ1n) is 8.54. The second-order valence-corrected chi connectivity index (χ2v) is 7.73. The van der Waals surface area contributed by atoms with Gasteiger partial charge in [-0.05, 0) is 71.8 Å². The van der Waals surface area contributed by atoms with E-state index in [2.05, 4.69) is 27.5 Å². The molecule has 0 bridgehead atoms. The normalized spacial score (nSPS) is 14.0. The Bertz CT molecular complexity index is 932. The Labute approximate surface area is 171 Å². The van der Waals surface area contributed by atoms with Crippen LogP contribution in [0.15, 0.2) is 54.6 Å². The van der Waals surface area contributed by atoms with Crippen molar-refractivity contribution in [3.05, 3.63) is 69.7 Å². The van der Waals surface area contributed by atoms with Crippen LogP contribution < -0.4 is 0 Å². The van der Waals surface area contributed by atoms with Crippen molar-refractivity contribution in [3.8, 4) is 16.9 Å². The average Bonchev–Trinajstić information content (AvgIpc) is 3.31. The van der Waals surface area contributed by atoms with Crippen molar-refractivity contribution in [2.45, 2.75) is 12.8 Å². The average molecular weight is 477 g/mol. The highest BCUT2D eigenvalue weighted by Crippen LogP contribution is 2.32. The molecule has 0 radical (unpaired) electrons. The smallest absolute Gasteiger partial charge is 0.134 e. The monoisotopic (exact) mass is 477 g/mol. The first kappa shape index (κ1) is 17.6. The summed E-state index contributed by atoms with van der Waals surface area (Å²) in [5.74, 6) is -0.248. The molecule has 3 nitrogen and oxygen atoms in total. The number of benzene rings is 2. The summed E-state index contributed by atoms with van der Waals surface area (Å²) in [6.07, 6.45) is 2.34. The van der Waals surface area contributed by atoms with Gasteiger partial charge in [-0.2, -0.15) is 5.10 Å². The summed E-state index contributed by atoms with van der Waals surface area (Å²) in [6, 6.07) is 16.5. The Morgan fingerprint density at radius 2 is 1.65 bits per heavy atom. The number of halogens is 2. The van der Waals surface area contributed by atoms with Gasteiger partial charge in [-0.1, -0.05) is 30.4 Å². The van der Waals surface area contributed by atoms with Crippen LogP contribution in [-0.4, -0.2) is 32.8 Å². The zero-order valence-electron chi connectivity index (χ0n) is 14.0. The summed E-state index contributed by atoms with van der Waals surface area (Å²) < 4.78 is 16.3. The summed E-state index contributed by atoms with van der Waals surface area (Å²) >= 11 is 8.06. The zero-order valence-corrected chi connectivity index (χ0v) is 17.0. The molecular weight excluding hydrogens is 460 g/mol. The Kier molecular flexibility index (Phi) is 5.04. The molecule has 0 N–H and O–H groups in total. The fraction of sp³-hybridized carbons (Fsp3) is 0.200. The molecular formula is C20H17FIN3S. The second kappa shape index (κ2) is 7.44. The Hall–Kier alpha value is -1.80. The molecule has 0 unspecified atom stereocenters. The SMILES string of the molecule is Fc1ccc(-c2c(I)c(C(=S)N3CCCC3)nn2-c2ccccc2)cc1. The summed E-state index contributed by atoms with van der Waals surface area (Å²) in [5, 5.41) is 4.86. The molecule has 0 aliphatic carbocycles. The highest BCUT2D eigenvalue weighted by molar-refractivity contribution is 14.1.